The summed E-state index contributed by atoms with van der Waals surface area (Å²) in [6.45, 7) is 2.03. The maximum Gasteiger partial charge on any atom is 0.166 e. The van der Waals surface area contributed by atoms with Crippen LogP contribution in [-0.4, -0.2) is 15.6 Å². The topological polar surface area (TPSA) is 34.9 Å². The quantitative estimate of drug-likeness (QED) is 0.773. The molecule has 0 aliphatic heterocycles. The third kappa shape index (κ3) is 1.65. The highest BCUT2D eigenvalue weighted by molar-refractivity contribution is 5.98. The van der Waals surface area contributed by atoms with Crippen LogP contribution in [0.4, 0.5) is 4.39 Å². The third-order valence-corrected chi connectivity index (χ3v) is 3.33. The molecule has 18 heavy (non-hydrogen) atoms. The Kier molecular flexibility index (Phi) is 2.51. The van der Waals surface area contributed by atoms with Crippen LogP contribution in [0.2, 0.25) is 0 Å². The monoisotopic (exact) mass is 244 g/mol. The van der Waals surface area contributed by atoms with Gasteiger partial charge in [0.15, 0.2) is 5.78 Å². The Morgan fingerprint density at radius 1 is 1.33 bits per heavy atom. The highest BCUT2D eigenvalue weighted by Crippen LogP contribution is 2.27. The minimum absolute atomic E-state index is 0.103. The molecule has 1 aliphatic carbocycles. The fraction of sp³-hybridized carbons (Fsp3) is 0.286. The van der Waals surface area contributed by atoms with E-state index < -0.39 is 0 Å². The highest BCUT2D eigenvalue weighted by Gasteiger charge is 2.27. The van der Waals surface area contributed by atoms with E-state index in [1.807, 2.05) is 6.92 Å². The van der Waals surface area contributed by atoms with Gasteiger partial charge in [0.25, 0.3) is 0 Å². The van der Waals surface area contributed by atoms with Crippen molar-refractivity contribution < 1.29 is 9.18 Å². The number of ketones is 1. The molecule has 0 saturated heterocycles. The van der Waals surface area contributed by atoms with Gasteiger partial charge in [0.2, 0.25) is 0 Å². The Bertz CT molecular complexity index is 618. The molecular formula is C14H13FN2O. The lowest BCUT2D eigenvalue weighted by Crippen LogP contribution is -2.19. The molecule has 1 aromatic heterocycles. The van der Waals surface area contributed by atoms with E-state index in [2.05, 4.69) is 5.10 Å². The lowest BCUT2D eigenvalue weighted by molar-refractivity contribution is 0.0952. The van der Waals surface area contributed by atoms with Crippen molar-refractivity contribution in [2.24, 2.45) is 5.92 Å². The van der Waals surface area contributed by atoms with Crippen molar-refractivity contribution in [3.63, 3.8) is 0 Å². The van der Waals surface area contributed by atoms with Crippen LogP contribution in [0.25, 0.3) is 5.69 Å². The molecule has 2 aromatic rings. The molecule has 1 aromatic carbocycles. The van der Waals surface area contributed by atoms with Gasteiger partial charge >= 0.3 is 0 Å². The molecule has 3 nitrogen and oxygen atoms in total. The van der Waals surface area contributed by atoms with E-state index in [0.29, 0.717) is 17.7 Å². The first-order valence-corrected chi connectivity index (χ1v) is 6.02. The van der Waals surface area contributed by atoms with Gasteiger partial charge < -0.3 is 0 Å². The van der Waals surface area contributed by atoms with Crippen LogP contribution in [0.15, 0.2) is 30.5 Å². The summed E-state index contributed by atoms with van der Waals surface area (Å²) in [5.41, 5.74) is 1.86. The summed E-state index contributed by atoms with van der Waals surface area (Å²) in [6.07, 6.45) is 2.86. The number of hydrogen-bond donors (Lipinski definition) is 0. The summed E-state index contributed by atoms with van der Waals surface area (Å²) in [6, 6.07) is 6.48. The maximum atomic E-state index is 13.8. The van der Waals surface area contributed by atoms with Crippen molar-refractivity contribution in [1.82, 2.24) is 9.78 Å². The summed E-state index contributed by atoms with van der Waals surface area (Å²) in [5.74, 6) is 0.0626. The molecular weight excluding hydrogens is 231 g/mol. The van der Waals surface area contributed by atoms with Crippen molar-refractivity contribution in [1.29, 1.82) is 0 Å². The van der Waals surface area contributed by atoms with E-state index in [1.54, 1.807) is 29.1 Å². The van der Waals surface area contributed by atoms with Crippen LogP contribution in [-0.2, 0) is 6.42 Å². The number of benzene rings is 1. The summed E-state index contributed by atoms with van der Waals surface area (Å²) in [5, 5.41) is 4.17. The van der Waals surface area contributed by atoms with E-state index in [0.717, 1.165) is 12.1 Å². The zero-order chi connectivity index (χ0) is 12.7. The first-order chi connectivity index (χ1) is 8.66. The number of halogens is 1. The maximum absolute atomic E-state index is 13.8. The molecule has 1 heterocycles. The van der Waals surface area contributed by atoms with E-state index in [4.69, 9.17) is 0 Å². The van der Waals surface area contributed by atoms with Crippen molar-refractivity contribution >= 4 is 5.78 Å². The molecule has 92 valence electrons. The minimum Gasteiger partial charge on any atom is -0.294 e. The lowest BCUT2D eigenvalue weighted by atomic mass is 9.88. The van der Waals surface area contributed by atoms with Gasteiger partial charge in [-0.15, -0.1) is 0 Å². The standard InChI is InChI=1S/C14H13FN2O/c1-9-6-13-10(14(18)7-9)8-16-17(13)12-5-3-2-4-11(12)15/h2-5,8-9H,6-7H2,1H3/t9-/m1/s1. The Hall–Kier alpha value is -1.97. The van der Waals surface area contributed by atoms with Crippen molar-refractivity contribution in [2.45, 2.75) is 19.8 Å². The fourth-order valence-electron chi connectivity index (χ4n) is 2.46. The molecule has 0 N–H and O–H groups in total. The average molecular weight is 244 g/mol. The number of fused-ring (bicyclic) bond motifs is 1. The Labute approximate surface area is 104 Å². The van der Waals surface area contributed by atoms with E-state index >= 15 is 0 Å². The SMILES string of the molecule is C[C@H]1CC(=O)c2cnn(-c3ccccc3F)c2C1. The number of hydrogen-bond acceptors (Lipinski definition) is 2. The highest BCUT2D eigenvalue weighted by atomic mass is 19.1. The third-order valence-electron chi connectivity index (χ3n) is 3.33. The van der Waals surface area contributed by atoms with E-state index in [-0.39, 0.29) is 17.5 Å². The average Bonchev–Trinajstić information content (AvgIpc) is 2.73. The number of nitrogens with zero attached hydrogens (tertiary/aromatic N) is 2. The lowest BCUT2D eigenvalue weighted by Gasteiger charge is -2.18. The number of rotatable bonds is 1. The van der Waals surface area contributed by atoms with Gasteiger partial charge in [-0.3, -0.25) is 4.79 Å². The summed E-state index contributed by atoms with van der Waals surface area (Å²) in [4.78, 5) is 11.9. The second-order valence-corrected chi connectivity index (χ2v) is 4.80. The molecule has 0 amide bonds. The Balaban J connectivity index is 2.16. The van der Waals surface area contributed by atoms with Crippen LogP contribution in [0.3, 0.4) is 0 Å². The molecule has 0 fully saturated rings. The van der Waals surface area contributed by atoms with Gasteiger partial charge in [0, 0.05) is 6.42 Å². The summed E-state index contributed by atoms with van der Waals surface area (Å²) >= 11 is 0. The van der Waals surface area contributed by atoms with Crippen LogP contribution in [0.5, 0.6) is 0 Å². The number of aromatic nitrogens is 2. The number of carbonyl (C=O) groups is 1. The van der Waals surface area contributed by atoms with Crippen molar-refractivity contribution in [3.05, 3.63) is 47.5 Å². The van der Waals surface area contributed by atoms with E-state index in [1.165, 1.54) is 6.07 Å². The van der Waals surface area contributed by atoms with Gasteiger partial charge in [-0.2, -0.15) is 5.10 Å². The molecule has 4 heteroatoms. The largest absolute Gasteiger partial charge is 0.294 e. The normalized spacial score (nSPS) is 18.8. The molecule has 1 atom stereocenters. The van der Waals surface area contributed by atoms with Gasteiger partial charge in [-0.05, 0) is 24.5 Å². The van der Waals surface area contributed by atoms with Crippen molar-refractivity contribution in [3.8, 4) is 5.69 Å². The number of carbonyl (C=O) groups excluding carboxylic acids is 1. The summed E-state index contributed by atoms with van der Waals surface area (Å²) in [7, 11) is 0. The smallest absolute Gasteiger partial charge is 0.166 e. The van der Waals surface area contributed by atoms with Crippen LogP contribution in [0.1, 0.15) is 29.4 Å². The second-order valence-electron chi connectivity index (χ2n) is 4.80. The van der Waals surface area contributed by atoms with Gasteiger partial charge in [0.05, 0.1) is 17.5 Å². The number of Topliss-reactive ketones (excluding diaryl/α,β-unsaturated/α-hetero) is 1. The summed E-state index contributed by atoms with van der Waals surface area (Å²) < 4.78 is 15.3. The second kappa shape index (κ2) is 4.05. The van der Waals surface area contributed by atoms with Crippen LogP contribution < -0.4 is 0 Å². The van der Waals surface area contributed by atoms with Gasteiger partial charge in [-0.1, -0.05) is 19.1 Å². The Morgan fingerprint density at radius 3 is 2.89 bits per heavy atom. The van der Waals surface area contributed by atoms with Gasteiger partial charge in [-0.25, -0.2) is 9.07 Å². The zero-order valence-corrected chi connectivity index (χ0v) is 10.1. The predicted molar refractivity (Wildman–Crippen MR) is 65.3 cm³/mol. The first kappa shape index (κ1) is 11.1. The Morgan fingerprint density at radius 2 is 2.11 bits per heavy atom. The first-order valence-electron chi connectivity index (χ1n) is 6.02. The fourth-order valence-corrected chi connectivity index (χ4v) is 2.46. The van der Waals surface area contributed by atoms with Crippen LogP contribution in [0, 0.1) is 11.7 Å². The van der Waals surface area contributed by atoms with Crippen molar-refractivity contribution in [2.75, 3.05) is 0 Å². The van der Waals surface area contributed by atoms with Crippen LogP contribution >= 0.6 is 0 Å². The minimum atomic E-state index is -0.325. The molecule has 0 spiro atoms. The molecule has 0 unspecified atom stereocenters. The molecule has 1 aliphatic rings. The van der Waals surface area contributed by atoms with E-state index in [9.17, 15) is 9.18 Å². The molecule has 3 rings (SSSR count). The molecule has 0 saturated carbocycles. The molecule has 0 bridgehead atoms. The zero-order valence-electron chi connectivity index (χ0n) is 10.1. The number of para-hydroxylation sites is 1. The molecule has 0 radical (unpaired) electrons. The predicted octanol–water partition coefficient (Wildman–Crippen LogP) is 2.78. The van der Waals surface area contributed by atoms with Gasteiger partial charge in [0.1, 0.15) is 11.5 Å².